The maximum absolute atomic E-state index is 12.3. The molecule has 0 heterocycles. The van der Waals surface area contributed by atoms with Gasteiger partial charge in [-0.25, -0.2) is 8.42 Å². The van der Waals surface area contributed by atoms with Gasteiger partial charge in [0.05, 0.1) is 15.6 Å². The minimum Gasteiger partial charge on any atom is -0.326 e. The van der Waals surface area contributed by atoms with Crippen LogP contribution >= 0.6 is 11.6 Å². The summed E-state index contributed by atoms with van der Waals surface area (Å²) >= 11 is 6.03. The molecule has 0 radical (unpaired) electrons. The fourth-order valence-electron chi connectivity index (χ4n) is 1.76. The van der Waals surface area contributed by atoms with Gasteiger partial charge in [0.15, 0.2) is 0 Å². The molecule has 0 saturated heterocycles. The van der Waals surface area contributed by atoms with E-state index in [-0.39, 0.29) is 4.90 Å². The number of rotatable bonds is 4. The second-order valence-corrected chi connectivity index (χ2v) is 6.47. The third-order valence-electron chi connectivity index (χ3n) is 2.93. The Kier molecular flexibility index (Phi) is 4.32. The normalized spacial score (nSPS) is 11.3. The zero-order chi connectivity index (χ0) is 14.8. The van der Waals surface area contributed by atoms with Crippen LogP contribution in [0.2, 0.25) is 5.02 Å². The van der Waals surface area contributed by atoms with Gasteiger partial charge in [-0.05, 0) is 36.2 Å². The lowest BCUT2D eigenvalue weighted by atomic mass is 10.2. The maximum Gasteiger partial charge on any atom is 0.261 e. The fourth-order valence-corrected chi connectivity index (χ4v) is 3.24. The highest BCUT2D eigenvalue weighted by atomic mass is 35.5. The van der Waals surface area contributed by atoms with E-state index in [2.05, 4.69) is 4.72 Å². The summed E-state index contributed by atoms with van der Waals surface area (Å²) in [5, 5.41) is 0.368. The number of aryl methyl sites for hydroxylation is 1. The first-order chi connectivity index (χ1) is 9.44. The van der Waals surface area contributed by atoms with Crippen molar-refractivity contribution < 1.29 is 8.42 Å². The molecule has 20 heavy (non-hydrogen) atoms. The third-order valence-corrected chi connectivity index (χ3v) is 4.61. The molecule has 0 bridgehead atoms. The van der Waals surface area contributed by atoms with Gasteiger partial charge >= 0.3 is 0 Å². The monoisotopic (exact) mass is 310 g/mol. The standard InChI is InChI=1S/C14H15ClN2O2S/c1-10-3-2-4-13(15)14(10)17-20(18,19)12-7-5-11(9-16)6-8-12/h2-8,17H,9,16H2,1H3. The lowest BCUT2D eigenvalue weighted by Crippen LogP contribution is -2.14. The van der Waals surface area contributed by atoms with Crippen LogP contribution in [0.25, 0.3) is 0 Å². The molecular formula is C14H15ClN2O2S. The van der Waals surface area contributed by atoms with Gasteiger partial charge in [-0.15, -0.1) is 0 Å². The van der Waals surface area contributed by atoms with Crippen molar-refractivity contribution in [3.8, 4) is 0 Å². The van der Waals surface area contributed by atoms with Gasteiger partial charge in [0.25, 0.3) is 10.0 Å². The number of hydrogen-bond donors (Lipinski definition) is 2. The van der Waals surface area contributed by atoms with Crippen LogP contribution in [-0.4, -0.2) is 8.42 Å². The number of halogens is 1. The summed E-state index contributed by atoms with van der Waals surface area (Å²) in [7, 11) is -3.66. The van der Waals surface area contributed by atoms with Crippen molar-refractivity contribution in [2.45, 2.75) is 18.4 Å². The number of anilines is 1. The first-order valence-electron chi connectivity index (χ1n) is 6.01. The van der Waals surface area contributed by atoms with Crippen LogP contribution in [0.15, 0.2) is 47.4 Å². The van der Waals surface area contributed by atoms with E-state index in [1.165, 1.54) is 12.1 Å². The predicted octanol–water partition coefficient (Wildman–Crippen LogP) is 2.91. The third kappa shape index (κ3) is 3.12. The SMILES string of the molecule is Cc1cccc(Cl)c1NS(=O)(=O)c1ccc(CN)cc1. The summed E-state index contributed by atoms with van der Waals surface area (Å²) in [5.41, 5.74) is 7.53. The zero-order valence-corrected chi connectivity index (χ0v) is 12.5. The minimum absolute atomic E-state index is 0.175. The van der Waals surface area contributed by atoms with E-state index in [1.54, 1.807) is 37.3 Å². The quantitative estimate of drug-likeness (QED) is 0.912. The van der Waals surface area contributed by atoms with Crippen molar-refractivity contribution in [3.63, 3.8) is 0 Å². The Bertz CT molecular complexity index is 692. The Morgan fingerprint density at radius 2 is 1.80 bits per heavy atom. The molecule has 0 atom stereocenters. The summed E-state index contributed by atoms with van der Waals surface area (Å²) in [5.74, 6) is 0. The number of sulfonamides is 1. The summed E-state index contributed by atoms with van der Waals surface area (Å²) in [4.78, 5) is 0.175. The molecule has 0 amide bonds. The Labute approximate surface area is 123 Å². The van der Waals surface area contributed by atoms with Crippen LogP contribution in [0.3, 0.4) is 0 Å². The van der Waals surface area contributed by atoms with Crippen LogP contribution in [-0.2, 0) is 16.6 Å². The van der Waals surface area contributed by atoms with E-state index in [1.807, 2.05) is 0 Å². The van der Waals surface area contributed by atoms with Crippen LogP contribution < -0.4 is 10.5 Å². The van der Waals surface area contributed by atoms with Crippen LogP contribution in [0, 0.1) is 6.92 Å². The van der Waals surface area contributed by atoms with Crippen LogP contribution in [0.5, 0.6) is 0 Å². The maximum atomic E-state index is 12.3. The number of para-hydroxylation sites is 1. The van der Waals surface area contributed by atoms with Crippen LogP contribution in [0.1, 0.15) is 11.1 Å². The highest BCUT2D eigenvalue weighted by Gasteiger charge is 2.16. The number of benzene rings is 2. The predicted molar refractivity (Wildman–Crippen MR) is 81.3 cm³/mol. The minimum atomic E-state index is -3.66. The fraction of sp³-hybridized carbons (Fsp3) is 0.143. The first-order valence-corrected chi connectivity index (χ1v) is 7.87. The van der Waals surface area contributed by atoms with Gasteiger partial charge in [0.1, 0.15) is 0 Å². The van der Waals surface area contributed by atoms with E-state index in [0.717, 1.165) is 11.1 Å². The summed E-state index contributed by atoms with van der Waals surface area (Å²) in [6.45, 7) is 2.17. The lowest BCUT2D eigenvalue weighted by molar-refractivity contribution is 0.601. The molecule has 0 aromatic heterocycles. The Morgan fingerprint density at radius 3 is 2.35 bits per heavy atom. The summed E-state index contributed by atoms with van der Waals surface area (Å²) in [6.07, 6.45) is 0. The molecular weight excluding hydrogens is 296 g/mol. The average Bonchev–Trinajstić information content (AvgIpc) is 2.43. The molecule has 0 unspecified atom stereocenters. The van der Waals surface area contributed by atoms with E-state index in [4.69, 9.17) is 17.3 Å². The molecule has 0 spiro atoms. The molecule has 0 aliphatic heterocycles. The lowest BCUT2D eigenvalue weighted by Gasteiger charge is -2.12. The zero-order valence-electron chi connectivity index (χ0n) is 10.9. The Balaban J connectivity index is 2.35. The molecule has 4 nitrogen and oxygen atoms in total. The second kappa shape index (κ2) is 5.83. The number of hydrogen-bond acceptors (Lipinski definition) is 3. The molecule has 3 N–H and O–H groups in total. The van der Waals surface area contributed by atoms with E-state index in [9.17, 15) is 8.42 Å². The van der Waals surface area contributed by atoms with Crippen molar-refractivity contribution in [2.24, 2.45) is 5.73 Å². The molecule has 6 heteroatoms. The van der Waals surface area contributed by atoms with Gasteiger partial charge in [-0.3, -0.25) is 4.72 Å². The first kappa shape index (κ1) is 14.8. The van der Waals surface area contributed by atoms with Gasteiger partial charge in [-0.2, -0.15) is 0 Å². The van der Waals surface area contributed by atoms with Crippen molar-refractivity contribution in [1.29, 1.82) is 0 Å². The largest absolute Gasteiger partial charge is 0.326 e. The van der Waals surface area contributed by atoms with Gasteiger partial charge in [-0.1, -0.05) is 35.9 Å². The number of nitrogens with one attached hydrogen (secondary N) is 1. The van der Waals surface area contributed by atoms with Crippen molar-refractivity contribution in [1.82, 2.24) is 0 Å². The van der Waals surface area contributed by atoms with Gasteiger partial charge in [0, 0.05) is 6.54 Å². The smallest absolute Gasteiger partial charge is 0.261 e. The van der Waals surface area contributed by atoms with Crippen molar-refractivity contribution in [3.05, 3.63) is 58.6 Å². The molecule has 2 aromatic carbocycles. The number of nitrogens with two attached hydrogens (primary N) is 1. The Hall–Kier alpha value is -1.56. The topological polar surface area (TPSA) is 72.2 Å². The molecule has 0 saturated carbocycles. The van der Waals surface area contributed by atoms with Gasteiger partial charge in [0.2, 0.25) is 0 Å². The van der Waals surface area contributed by atoms with Gasteiger partial charge < -0.3 is 5.73 Å². The molecule has 106 valence electrons. The highest BCUT2D eigenvalue weighted by Crippen LogP contribution is 2.27. The van der Waals surface area contributed by atoms with E-state index in [0.29, 0.717) is 17.3 Å². The molecule has 0 aliphatic rings. The molecule has 0 aliphatic carbocycles. The van der Waals surface area contributed by atoms with E-state index >= 15 is 0 Å². The summed E-state index contributed by atoms with van der Waals surface area (Å²) in [6, 6.07) is 11.6. The average molecular weight is 311 g/mol. The second-order valence-electron chi connectivity index (χ2n) is 4.39. The van der Waals surface area contributed by atoms with Crippen LogP contribution in [0.4, 0.5) is 5.69 Å². The highest BCUT2D eigenvalue weighted by molar-refractivity contribution is 7.92. The molecule has 2 rings (SSSR count). The summed E-state index contributed by atoms with van der Waals surface area (Å²) < 4.78 is 27.1. The van der Waals surface area contributed by atoms with Crippen molar-refractivity contribution in [2.75, 3.05) is 4.72 Å². The molecule has 2 aromatic rings. The van der Waals surface area contributed by atoms with E-state index < -0.39 is 10.0 Å². The molecule has 0 fully saturated rings. The Morgan fingerprint density at radius 1 is 1.15 bits per heavy atom. The van der Waals surface area contributed by atoms with Crippen molar-refractivity contribution >= 4 is 27.3 Å².